The quantitative estimate of drug-likeness (QED) is 0.878. The summed E-state index contributed by atoms with van der Waals surface area (Å²) >= 11 is 0. The zero-order valence-electron chi connectivity index (χ0n) is 15.3. The Morgan fingerprint density at radius 1 is 1.31 bits per heavy atom. The summed E-state index contributed by atoms with van der Waals surface area (Å²) in [6.07, 6.45) is 2.97. The number of carbonyl (C=O) groups excluding carboxylic acids is 1. The van der Waals surface area contributed by atoms with E-state index in [1.807, 2.05) is 38.1 Å². The SMILES string of the molecule is Cc1cccc(-n2nnc(C(=O)NC3(C)CCCCC3C(=O)O)c2C)c1. The summed E-state index contributed by atoms with van der Waals surface area (Å²) < 4.78 is 1.62. The van der Waals surface area contributed by atoms with Crippen molar-refractivity contribution in [2.24, 2.45) is 5.92 Å². The number of benzene rings is 1. The molecular formula is C19H24N4O3. The van der Waals surface area contributed by atoms with Crippen molar-refractivity contribution in [2.45, 2.75) is 52.0 Å². The summed E-state index contributed by atoms with van der Waals surface area (Å²) in [6.45, 7) is 5.58. The van der Waals surface area contributed by atoms with Crippen LogP contribution in [0.3, 0.4) is 0 Å². The highest BCUT2D eigenvalue weighted by Gasteiger charge is 2.42. The van der Waals surface area contributed by atoms with Gasteiger partial charge in [-0.25, -0.2) is 4.68 Å². The molecule has 0 saturated heterocycles. The molecule has 1 aromatic heterocycles. The van der Waals surface area contributed by atoms with Crippen LogP contribution in [-0.2, 0) is 4.79 Å². The van der Waals surface area contributed by atoms with Crippen molar-refractivity contribution >= 4 is 11.9 Å². The molecule has 0 radical (unpaired) electrons. The number of nitrogens with zero attached hydrogens (tertiary/aromatic N) is 3. The van der Waals surface area contributed by atoms with Gasteiger partial charge in [-0.3, -0.25) is 9.59 Å². The molecule has 1 aliphatic rings. The molecule has 2 unspecified atom stereocenters. The minimum Gasteiger partial charge on any atom is -0.481 e. The second kappa shape index (κ2) is 6.90. The lowest BCUT2D eigenvalue weighted by molar-refractivity contribution is -0.145. The Labute approximate surface area is 152 Å². The number of rotatable bonds is 4. The van der Waals surface area contributed by atoms with Crippen LogP contribution in [0.5, 0.6) is 0 Å². The number of aliphatic carboxylic acids is 1. The first-order valence-corrected chi connectivity index (χ1v) is 8.86. The standard InChI is InChI=1S/C19H24N4O3/c1-12-7-6-8-14(11-12)23-13(2)16(21-22-23)17(24)20-19(3)10-5-4-9-15(19)18(25)26/h6-8,11,15H,4-5,9-10H2,1-3H3,(H,20,24)(H,25,26). The molecule has 7 nitrogen and oxygen atoms in total. The molecule has 1 aliphatic carbocycles. The van der Waals surface area contributed by atoms with Gasteiger partial charge in [0.2, 0.25) is 0 Å². The molecule has 2 atom stereocenters. The van der Waals surface area contributed by atoms with Gasteiger partial charge in [0.1, 0.15) is 0 Å². The zero-order valence-corrected chi connectivity index (χ0v) is 15.3. The molecule has 3 rings (SSSR count). The fourth-order valence-electron chi connectivity index (χ4n) is 3.74. The molecule has 0 bridgehead atoms. The van der Waals surface area contributed by atoms with E-state index in [1.165, 1.54) is 0 Å². The Balaban J connectivity index is 1.86. The smallest absolute Gasteiger partial charge is 0.308 e. The van der Waals surface area contributed by atoms with Crippen molar-refractivity contribution in [3.05, 3.63) is 41.2 Å². The molecule has 2 N–H and O–H groups in total. The summed E-state index contributed by atoms with van der Waals surface area (Å²) in [6, 6.07) is 7.77. The van der Waals surface area contributed by atoms with Gasteiger partial charge in [-0.05, 0) is 51.3 Å². The third-order valence-corrected chi connectivity index (χ3v) is 5.26. The average molecular weight is 356 g/mol. The Morgan fingerprint density at radius 3 is 2.77 bits per heavy atom. The summed E-state index contributed by atoms with van der Waals surface area (Å²) in [5.74, 6) is -1.84. The second-order valence-electron chi connectivity index (χ2n) is 7.28. The second-order valence-corrected chi connectivity index (χ2v) is 7.28. The van der Waals surface area contributed by atoms with Crippen LogP contribution in [0.1, 0.15) is 54.4 Å². The molecule has 0 spiro atoms. The summed E-state index contributed by atoms with van der Waals surface area (Å²) in [5, 5.41) is 20.6. The number of amides is 1. The van der Waals surface area contributed by atoms with Crippen molar-refractivity contribution in [1.82, 2.24) is 20.3 Å². The number of carbonyl (C=O) groups is 2. The van der Waals surface area contributed by atoms with E-state index in [-0.39, 0.29) is 11.6 Å². The highest BCUT2D eigenvalue weighted by molar-refractivity contribution is 5.94. The lowest BCUT2D eigenvalue weighted by Gasteiger charge is -2.39. The normalized spacial score (nSPS) is 22.8. The molecule has 1 aromatic carbocycles. The number of aryl methyl sites for hydroxylation is 1. The lowest BCUT2D eigenvalue weighted by atomic mass is 9.74. The van der Waals surface area contributed by atoms with Gasteiger partial charge in [-0.1, -0.05) is 30.2 Å². The van der Waals surface area contributed by atoms with Crippen LogP contribution in [-0.4, -0.2) is 37.5 Å². The van der Waals surface area contributed by atoms with Gasteiger partial charge >= 0.3 is 5.97 Å². The predicted octanol–water partition coefficient (Wildman–Crippen LogP) is 2.65. The first kappa shape index (κ1) is 18.1. The first-order chi connectivity index (χ1) is 12.3. The summed E-state index contributed by atoms with van der Waals surface area (Å²) in [4.78, 5) is 24.4. The van der Waals surface area contributed by atoms with Crippen LogP contribution in [0, 0.1) is 19.8 Å². The van der Waals surface area contributed by atoms with Crippen LogP contribution >= 0.6 is 0 Å². The van der Waals surface area contributed by atoms with E-state index in [1.54, 1.807) is 11.6 Å². The molecule has 1 fully saturated rings. The van der Waals surface area contributed by atoms with E-state index < -0.39 is 17.4 Å². The van der Waals surface area contributed by atoms with Gasteiger partial charge in [0, 0.05) is 0 Å². The third-order valence-electron chi connectivity index (χ3n) is 5.26. The van der Waals surface area contributed by atoms with Crippen molar-refractivity contribution in [3.63, 3.8) is 0 Å². The largest absolute Gasteiger partial charge is 0.481 e. The van der Waals surface area contributed by atoms with Gasteiger partial charge < -0.3 is 10.4 Å². The highest BCUT2D eigenvalue weighted by Crippen LogP contribution is 2.34. The minimum atomic E-state index is -0.868. The number of carboxylic acids is 1. The topological polar surface area (TPSA) is 97.1 Å². The third kappa shape index (κ3) is 3.34. The van der Waals surface area contributed by atoms with Gasteiger partial charge in [0.15, 0.2) is 5.69 Å². The molecule has 26 heavy (non-hydrogen) atoms. The van der Waals surface area contributed by atoms with Gasteiger partial charge in [-0.2, -0.15) is 0 Å². The van der Waals surface area contributed by atoms with Crippen molar-refractivity contribution < 1.29 is 14.7 Å². The van der Waals surface area contributed by atoms with Crippen LogP contribution in [0.15, 0.2) is 24.3 Å². The number of nitrogens with one attached hydrogen (secondary N) is 1. The Kier molecular flexibility index (Phi) is 4.80. The molecule has 1 saturated carbocycles. The maximum absolute atomic E-state index is 12.8. The molecule has 138 valence electrons. The van der Waals surface area contributed by atoms with Gasteiger partial charge in [0.25, 0.3) is 5.91 Å². The Bertz CT molecular complexity index is 845. The molecule has 0 aliphatic heterocycles. The van der Waals surface area contributed by atoms with Crippen molar-refractivity contribution in [2.75, 3.05) is 0 Å². The van der Waals surface area contributed by atoms with Crippen LogP contribution in [0.4, 0.5) is 0 Å². The van der Waals surface area contributed by atoms with E-state index in [2.05, 4.69) is 15.6 Å². The summed E-state index contributed by atoms with van der Waals surface area (Å²) in [7, 11) is 0. The molecular weight excluding hydrogens is 332 g/mol. The van der Waals surface area contributed by atoms with Crippen molar-refractivity contribution in [3.8, 4) is 5.69 Å². The van der Waals surface area contributed by atoms with Crippen LogP contribution in [0.2, 0.25) is 0 Å². The maximum atomic E-state index is 12.8. The molecule has 1 heterocycles. The fourth-order valence-corrected chi connectivity index (χ4v) is 3.74. The van der Waals surface area contributed by atoms with Gasteiger partial charge in [-0.15, -0.1) is 5.10 Å². The highest BCUT2D eigenvalue weighted by atomic mass is 16.4. The van der Waals surface area contributed by atoms with E-state index in [9.17, 15) is 14.7 Å². The van der Waals surface area contributed by atoms with E-state index in [4.69, 9.17) is 0 Å². The number of carboxylic acid groups (broad SMARTS) is 1. The number of hydrogen-bond donors (Lipinski definition) is 2. The number of hydrogen-bond acceptors (Lipinski definition) is 4. The van der Waals surface area contributed by atoms with Crippen LogP contribution < -0.4 is 5.32 Å². The van der Waals surface area contributed by atoms with E-state index >= 15 is 0 Å². The summed E-state index contributed by atoms with van der Waals surface area (Å²) in [5.41, 5.74) is 1.99. The lowest BCUT2D eigenvalue weighted by Crippen LogP contribution is -2.55. The molecule has 1 amide bonds. The number of aromatic nitrogens is 3. The van der Waals surface area contributed by atoms with E-state index in [0.717, 1.165) is 24.1 Å². The fraction of sp³-hybridized carbons (Fsp3) is 0.474. The van der Waals surface area contributed by atoms with Crippen molar-refractivity contribution in [1.29, 1.82) is 0 Å². The Morgan fingerprint density at radius 2 is 2.08 bits per heavy atom. The molecule has 2 aromatic rings. The maximum Gasteiger partial charge on any atom is 0.308 e. The molecule has 7 heteroatoms. The predicted molar refractivity (Wildman–Crippen MR) is 96.3 cm³/mol. The minimum absolute atomic E-state index is 0.224. The Hall–Kier alpha value is -2.70. The first-order valence-electron chi connectivity index (χ1n) is 8.86. The zero-order chi connectivity index (χ0) is 18.9. The van der Waals surface area contributed by atoms with Crippen LogP contribution in [0.25, 0.3) is 5.69 Å². The van der Waals surface area contributed by atoms with E-state index in [0.29, 0.717) is 18.5 Å². The van der Waals surface area contributed by atoms with Gasteiger partial charge in [0.05, 0.1) is 22.8 Å². The average Bonchev–Trinajstić information content (AvgIpc) is 2.96. The monoisotopic (exact) mass is 356 g/mol.